The smallest absolute Gasteiger partial charge is 0.222 e. The fraction of sp³-hybridized carbons (Fsp3) is 0.846. The van der Waals surface area contributed by atoms with Crippen molar-refractivity contribution in [3.05, 3.63) is 0 Å². The lowest BCUT2D eigenvalue weighted by molar-refractivity contribution is -0.124. The standard InChI is InChI=1S/C13H25N3O2/c1-10(8-11(14)17)16-12(18)9-13(15-2)6-4-3-5-7-13/h10,15H,3-9H2,1-2H3,(H2,14,17)(H,16,18). The van der Waals surface area contributed by atoms with Gasteiger partial charge < -0.3 is 16.4 Å². The van der Waals surface area contributed by atoms with E-state index >= 15 is 0 Å². The average molecular weight is 255 g/mol. The van der Waals surface area contributed by atoms with Crippen molar-refractivity contribution in [2.75, 3.05) is 7.05 Å². The number of hydrogen-bond acceptors (Lipinski definition) is 3. The summed E-state index contributed by atoms with van der Waals surface area (Å²) < 4.78 is 0. The van der Waals surface area contributed by atoms with Crippen LogP contribution in [0.2, 0.25) is 0 Å². The Morgan fingerprint density at radius 3 is 2.39 bits per heavy atom. The predicted molar refractivity (Wildman–Crippen MR) is 70.9 cm³/mol. The molecular weight excluding hydrogens is 230 g/mol. The van der Waals surface area contributed by atoms with E-state index in [-0.39, 0.29) is 29.8 Å². The Morgan fingerprint density at radius 2 is 1.89 bits per heavy atom. The third-order valence-corrected chi connectivity index (χ3v) is 3.75. The molecule has 104 valence electrons. The van der Waals surface area contributed by atoms with E-state index in [1.807, 2.05) is 7.05 Å². The van der Waals surface area contributed by atoms with E-state index in [0.29, 0.717) is 6.42 Å². The molecule has 0 aliphatic heterocycles. The Kier molecular flexibility index (Phi) is 5.59. The van der Waals surface area contributed by atoms with E-state index in [0.717, 1.165) is 12.8 Å². The first kappa shape index (κ1) is 15.0. The number of nitrogens with two attached hydrogens (primary N) is 1. The van der Waals surface area contributed by atoms with E-state index in [4.69, 9.17) is 5.73 Å². The molecule has 0 saturated heterocycles. The molecule has 1 atom stereocenters. The Hall–Kier alpha value is -1.10. The maximum atomic E-state index is 12.0. The molecule has 5 nitrogen and oxygen atoms in total. The van der Waals surface area contributed by atoms with Crippen LogP contribution >= 0.6 is 0 Å². The lowest BCUT2D eigenvalue weighted by atomic mass is 9.79. The van der Waals surface area contributed by atoms with Crippen molar-refractivity contribution < 1.29 is 9.59 Å². The van der Waals surface area contributed by atoms with Crippen molar-refractivity contribution in [2.24, 2.45) is 5.73 Å². The summed E-state index contributed by atoms with van der Waals surface area (Å²) in [5, 5.41) is 6.15. The molecule has 0 aromatic carbocycles. The molecule has 1 aliphatic rings. The van der Waals surface area contributed by atoms with Gasteiger partial charge in [0.15, 0.2) is 0 Å². The van der Waals surface area contributed by atoms with Crippen LogP contribution in [0.3, 0.4) is 0 Å². The zero-order valence-corrected chi connectivity index (χ0v) is 11.4. The molecule has 18 heavy (non-hydrogen) atoms. The molecule has 1 unspecified atom stereocenters. The fourth-order valence-electron chi connectivity index (χ4n) is 2.73. The molecule has 2 amide bonds. The first-order valence-corrected chi connectivity index (χ1v) is 6.74. The van der Waals surface area contributed by atoms with Crippen LogP contribution in [0.1, 0.15) is 51.9 Å². The van der Waals surface area contributed by atoms with Gasteiger partial charge in [-0.1, -0.05) is 19.3 Å². The van der Waals surface area contributed by atoms with Crippen molar-refractivity contribution in [3.8, 4) is 0 Å². The maximum absolute atomic E-state index is 12.0. The highest BCUT2D eigenvalue weighted by molar-refractivity contribution is 5.79. The first-order valence-electron chi connectivity index (χ1n) is 6.74. The third kappa shape index (κ3) is 4.64. The van der Waals surface area contributed by atoms with Gasteiger partial charge in [-0.05, 0) is 26.8 Å². The third-order valence-electron chi connectivity index (χ3n) is 3.75. The highest BCUT2D eigenvalue weighted by Crippen LogP contribution is 2.30. The predicted octanol–water partition coefficient (Wildman–Crippen LogP) is 0.679. The van der Waals surface area contributed by atoms with Gasteiger partial charge in [0.05, 0.1) is 0 Å². The zero-order valence-electron chi connectivity index (χ0n) is 11.4. The van der Waals surface area contributed by atoms with Crippen LogP contribution in [0.15, 0.2) is 0 Å². The normalized spacial score (nSPS) is 20.1. The summed E-state index contributed by atoms with van der Waals surface area (Å²) in [4.78, 5) is 22.7. The molecule has 0 bridgehead atoms. The first-order chi connectivity index (χ1) is 8.47. The average Bonchev–Trinajstić information content (AvgIpc) is 2.28. The van der Waals surface area contributed by atoms with Crippen molar-refractivity contribution in [1.29, 1.82) is 0 Å². The van der Waals surface area contributed by atoms with Gasteiger partial charge in [0.1, 0.15) is 0 Å². The van der Waals surface area contributed by atoms with Crippen molar-refractivity contribution >= 4 is 11.8 Å². The van der Waals surface area contributed by atoms with Crippen molar-refractivity contribution in [1.82, 2.24) is 10.6 Å². The van der Waals surface area contributed by atoms with E-state index in [2.05, 4.69) is 10.6 Å². The van der Waals surface area contributed by atoms with Crippen molar-refractivity contribution in [2.45, 2.75) is 63.5 Å². The molecule has 0 aromatic rings. The van der Waals surface area contributed by atoms with Gasteiger partial charge in [-0.2, -0.15) is 0 Å². The van der Waals surface area contributed by atoms with Crippen LogP contribution in [0.4, 0.5) is 0 Å². The summed E-state index contributed by atoms with van der Waals surface area (Å²) >= 11 is 0. The molecule has 0 spiro atoms. The Morgan fingerprint density at radius 1 is 1.28 bits per heavy atom. The molecule has 0 radical (unpaired) electrons. The maximum Gasteiger partial charge on any atom is 0.222 e. The molecule has 0 heterocycles. The van der Waals surface area contributed by atoms with Gasteiger partial charge in [-0.25, -0.2) is 0 Å². The number of carbonyl (C=O) groups is 2. The Balaban J connectivity index is 2.44. The second-order valence-corrected chi connectivity index (χ2v) is 5.41. The topological polar surface area (TPSA) is 84.2 Å². The zero-order chi connectivity index (χ0) is 13.6. The number of nitrogens with one attached hydrogen (secondary N) is 2. The minimum absolute atomic E-state index is 0.000000000000000222. The Labute approximate surface area is 109 Å². The van der Waals surface area contributed by atoms with E-state index in [1.165, 1.54) is 19.3 Å². The summed E-state index contributed by atoms with van der Waals surface area (Å²) in [5.74, 6) is -0.385. The summed E-state index contributed by atoms with van der Waals surface area (Å²) in [6, 6.07) is -0.188. The van der Waals surface area contributed by atoms with Gasteiger partial charge in [-0.3, -0.25) is 9.59 Å². The highest BCUT2D eigenvalue weighted by Gasteiger charge is 2.32. The number of rotatable bonds is 6. The number of amides is 2. The van der Waals surface area contributed by atoms with Gasteiger partial charge in [0, 0.05) is 24.4 Å². The molecule has 5 heteroatoms. The van der Waals surface area contributed by atoms with E-state index in [1.54, 1.807) is 6.92 Å². The summed E-state index contributed by atoms with van der Waals surface area (Å²) in [6.07, 6.45) is 6.35. The van der Waals surface area contributed by atoms with Crippen LogP contribution in [0, 0.1) is 0 Å². The monoisotopic (exact) mass is 255 g/mol. The molecule has 1 rings (SSSR count). The quantitative estimate of drug-likeness (QED) is 0.652. The molecular formula is C13H25N3O2. The lowest BCUT2D eigenvalue weighted by Gasteiger charge is -2.37. The van der Waals surface area contributed by atoms with Gasteiger partial charge in [0.2, 0.25) is 11.8 Å². The van der Waals surface area contributed by atoms with Crippen LogP contribution in [0.5, 0.6) is 0 Å². The van der Waals surface area contributed by atoms with Gasteiger partial charge >= 0.3 is 0 Å². The largest absolute Gasteiger partial charge is 0.370 e. The minimum atomic E-state index is -0.385. The van der Waals surface area contributed by atoms with Crippen molar-refractivity contribution in [3.63, 3.8) is 0 Å². The van der Waals surface area contributed by atoms with Crippen LogP contribution in [-0.2, 0) is 9.59 Å². The summed E-state index contributed by atoms with van der Waals surface area (Å²) in [7, 11) is 1.92. The molecule has 1 fully saturated rings. The van der Waals surface area contributed by atoms with E-state index < -0.39 is 0 Å². The molecule has 1 aliphatic carbocycles. The fourth-order valence-corrected chi connectivity index (χ4v) is 2.73. The Bertz CT molecular complexity index is 299. The summed E-state index contributed by atoms with van der Waals surface area (Å²) in [6.45, 7) is 1.80. The number of hydrogen-bond donors (Lipinski definition) is 3. The lowest BCUT2D eigenvalue weighted by Crippen LogP contribution is -2.49. The number of carbonyl (C=O) groups excluding carboxylic acids is 2. The van der Waals surface area contributed by atoms with Crippen LogP contribution in [-0.4, -0.2) is 30.4 Å². The van der Waals surface area contributed by atoms with E-state index in [9.17, 15) is 9.59 Å². The van der Waals surface area contributed by atoms with Gasteiger partial charge in [-0.15, -0.1) is 0 Å². The van der Waals surface area contributed by atoms with Crippen LogP contribution in [0.25, 0.3) is 0 Å². The second kappa shape index (κ2) is 6.73. The second-order valence-electron chi connectivity index (χ2n) is 5.41. The molecule has 1 saturated carbocycles. The molecule has 4 N–H and O–H groups in total. The number of primary amides is 1. The molecule has 0 aromatic heterocycles. The summed E-state index contributed by atoms with van der Waals surface area (Å²) in [5.41, 5.74) is 5.04. The SMILES string of the molecule is CNC1(CC(=O)NC(C)CC(N)=O)CCCCC1. The van der Waals surface area contributed by atoms with Gasteiger partial charge in [0.25, 0.3) is 0 Å². The highest BCUT2D eigenvalue weighted by atomic mass is 16.2. The minimum Gasteiger partial charge on any atom is -0.370 e. The van der Waals surface area contributed by atoms with Crippen LogP contribution < -0.4 is 16.4 Å².